The first-order chi connectivity index (χ1) is 8.12. The molecule has 0 spiro atoms. The molecule has 96 valence electrons. The summed E-state index contributed by atoms with van der Waals surface area (Å²) >= 11 is 1.72. The van der Waals surface area contributed by atoms with Crippen LogP contribution in [0, 0.1) is 0 Å². The van der Waals surface area contributed by atoms with Crippen molar-refractivity contribution in [2.24, 2.45) is 0 Å². The molecule has 1 aromatic heterocycles. The minimum atomic E-state index is -3.11. The highest BCUT2D eigenvalue weighted by Crippen LogP contribution is 2.20. The van der Waals surface area contributed by atoms with Gasteiger partial charge >= 0.3 is 0 Å². The fraction of sp³-hybridized carbons (Fsp3) is 0.636. The number of hydrogen-bond donors (Lipinski definition) is 1. The monoisotopic (exact) mass is 274 g/mol. The van der Waals surface area contributed by atoms with Gasteiger partial charge in [-0.1, -0.05) is 13.0 Å². The minimum Gasteiger partial charge on any atom is -0.297 e. The molecule has 6 heteroatoms. The highest BCUT2D eigenvalue weighted by molar-refractivity contribution is 7.90. The lowest BCUT2D eigenvalue weighted by molar-refractivity contribution is 0.334. The van der Waals surface area contributed by atoms with E-state index in [1.165, 1.54) is 4.88 Å². The molecule has 0 amide bonds. The number of rotatable bonds is 5. The van der Waals surface area contributed by atoms with Gasteiger partial charge in [0.1, 0.15) is 0 Å². The van der Waals surface area contributed by atoms with E-state index < -0.39 is 10.0 Å². The number of nitrogens with one attached hydrogen (secondary N) is 1. The summed E-state index contributed by atoms with van der Waals surface area (Å²) < 4.78 is 26.3. The van der Waals surface area contributed by atoms with Gasteiger partial charge in [0, 0.05) is 24.5 Å². The molecule has 0 aromatic carbocycles. The summed E-state index contributed by atoms with van der Waals surface area (Å²) in [5.74, 6) is 0. The molecule has 0 saturated carbocycles. The molecule has 0 radical (unpaired) electrons. The summed E-state index contributed by atoms with van der Waals surface area (Å²) in [6.07, 6.45) is 0.737. The molecular weight excluding hydrogens is 256 g/mol. The SMILES string of the molecule is CCNS(=O)(=O)[C@@H]1CCN(Cc2cccs2)C1. The van der Waals surface area contributed by atoms with Crippen LogP contribution in [-0.4, -0.2) is 38.2 Å². The van der Waals surface area contributed by atoms with Gasteiger partial charge in [-0.3, -0.25) is 4.90 Å². The molecule has 1 atom stereocenters. The zero-order valence-corrected chi connectivity index (χ0v) is 11.6. The third-order valence-electron chi connectivity index (χ3n) is 2.97. The van der Waals surface area contributed by atoms with Crippen molar-refractivity contribution in [1.29, 1.82) is 0 Å². The molecule has 1 aliphatic rings. The van der Waals surface area contributed by atoms with E-state index in [1.54, 1.807) is 11.3 Å². The Kier molecular flexibility index (Phi) is 4.19. The second-order valence-electron chi connectivity index (χ2n) is 4.27. The molecule has 2 rings (SSSR count). The Morgan fingerprint density at radius 2 is 2.41 bits per heavy atom. The molecule has 1 N–H and O–H groups in total. The largest absolute Gasteiger partial charge is 0.297 e. The lowest BCUT2D eigenvalue weighted by atomic mass is 10.4. The van der Waals surface area contributed by atoms with Crippen molar-refractivity contribution in [2.75, 3.05) is 19.6 Å². The molecule has 1 fully saturated rings. The Morgan fingerprint density at radius 1 is 1.59 bits per heavy atom. The van der Waals surface area contributed by atoms with Gasteiger partial charge in [0.05, 0.1) is 5.25 Å². The van der Waals surface area contributed by atoms with E-state index in [4.69, 9.17) is 0 Å². The van der Waals surface area contributed by atoms with Crippen LogP contribution in [0.4, 0.5) is 0 Å². The zero-order valence-electron chi connectivity index (χ0n) is 9.93. The van der Waals surface area contributed by atoms with Gasteiger partial charge < -0.3 is 0 Å². The summed E-state index contributed by atoms with van der Waals surface area (Å²) in [7, 11) is -3.11. The fourth-order valence-electron chi connectivity index (χ4n) is 2.14. The summed E-state index contributed by atoms with van der Waals surface area (Å²) in [6, 6.07) is 4.12. The van der Waals surface area contributed by atoms with Crippen molar-refractivity contribution in [3.63, 3.8) is 0 Å². The van der Waals surface area contributed by atoms with E-state index in [2.05, 4.69) is 21.1 Å². The third kappa shape index (κ3) is 3.28. The average Bonchev–Trinajstić information content (AvgIpc) is 2.89. The van der Waals surface area contributed by atoms with E-state index in [0.717, 1.165) is 19.5 Å². The quantitative estimate of drug-likeness (QED) is 0.879. The minimum absolute atomic E-state index is 0.248. The van der Waals surface area contributed by atoms with Gasteiger partial charge in [0.25, 0.3) is 0 Å². The maximum absolute atomic E-state index is 11.8. The third-order valence-corrected chi connectivity index (χ3v) is 5.79. The molecule has 0 aliphatic carbocycles. The Bertz CT molecular complexity index is 442. The van der Waals surface area contributed by atoms with Gasteiger partial charge in [0.2, 0.25) is 10.0 Å². The van der Waals surface area contributed by atoms with E-state index in [0.29, 0.717) is 13.1 Å². The molecule has 0 unspecified atom stereocenters. The molecule has 0 bridgehead atoms. The number of nitrogens with zero attached hydrogens (tertiary/aromatic N) is 1. The summed E-state index contributed by atoms with van der Waals surface area (Å²) in [5.41, 5.74) is 0. The second-order valence-corrected chi connectivity index (χ2v) is 7.35. The van der Waals surface area contributed by atoms with Crippen LogP contribution in [0.15, 0.2) is 17.5 Å². The number of hydrogen-bond acceptors (Lipinski definition) is 4. The van der Waals surface area contributed by atoms with Crippen LogP contribution in [0.1, 0.15) is 18.2 Å². The lowest BCUT2D eigenvalue weighted by Gasteiger charge is -2.15. The predicted molar refractivity (Wildman–Crippen MR) is 70.6 cm³/mol. The molecular formula is C11H18N2O2S2. The standard InChI is InChI=1S/C11H18N2O2S2/c1-2-12-17(14,15)11-5-6-13(9-11)8-10-4-3-7-16-10/h3-4,7,11-12H,2,5-6,8-9H2,1H3/t11-/m1/s1. The zero-order chi connectivity index (χ0) is 12.3. The summed E-state index contributed by atoms with van der Waals surface area (Å²) in [6.45, 7) is 4.68. The highest BCUT2D eigenvalue weighted by atomic mass is 32.2. The van der Waals surface area contributed by atoms with E-state index >= 15 is 0 Å². The highest BCUT2D eigenvalue weighted by Gasteiger charge is 2.32. The van der Waals surface area contributed by atoms with Gasteiger partial charge in [-0.25, -0.2) is 13.1 Å². The predicted octanol–water partition coefficient (Wildman–Crippen LogP) is 1.26. The van der Waals surface area contributed by atoms with E-state index in [1.807, 2.05) is 13.0 Å². The van der Waals surface area contributed by atoms with Crippen molar-refractivity contribution in [3.05, 3.63) is 22.4 Å². The van der Waals surface area contributed by atoms with Crippen LogP contribution in [0.2, 0.25) is 0 Å². The number of likely N-dealkylation sites (tertiary alicyclic amines) is 1. The maximum Gasteiger partial charge on any atom is 0.215 e. The van der Waals surface area contributed by atoms with Crippen molar-refractivity contribution < 1.29 is 8.42 Å². The van der Waals surface area contributed by atoms with Crippen molar-refractivity contribution in [2.45, 2.75) is 25.1 Å². The summed E-state index contributed by atoms with van der Waals surface area (Å²) in [5, 5.41) is 1.81. The van der Waals surface area contributed by atoms with Gasteiger partial charge in [0.15, 0.2) is 0 Å². The van der Waals surface area contributed by atoms with Crippen molar-refractivity contribution >= 4 is 21.4 Å². The van der Waals surface area contributed by atoms with Crippen LogP contribution in [0.5, 0.6) is 0 Å². The molecule has 2 heterocycles. The van der Waals surface area contributed by atoms with E-state index in [-0.39, 0.29) is 5.25 Å². The normalized spacial score (nSPS) is 22.1. The molecule has 17 heavy (non-hydrogen) atoms. The Labute approximate surface area is 107 Å². The molecule has 1 saturated heterocycles. The van der Waals surface area contributed by atoms with Crippen molar-refractivity contribution in [1.82, 2.24) is 9.62 Å². The smallest absolute Gasteiger partial charge is 0.215 e. The van der Waals surface area contributed by atoms with Crippen LogP contribution >= 0.6 is 11.3 Å². The number of thiophene rings is 1. The van der Waals surface area contributed by atoms with Gasteiger partial charge in [-0.2, -0.15) is 0 Å². The van der Waals surface area contributed by atoms with Gasteiger partial charge in [-0.15, -0.1) is 11.3 Å². The Morgan fingerprint density at radius 3 is 3.06 bits per heavy atom. The van der Waals surface area contributed by atoms with Crippen LogP contribution in [-0.2, 0) is 16.6 Å². The topological polar surface area (TPSA) is 49.4 Å². The van der Waals surface area contributed by atoms with E-state index in [9.17, 15) is 8.42 Å². The van der Waals surface area contributed by atoms with Crippen LogP contribution in [0.25, 0.3) is 0 Å². The number of sulfonamides is 1. The lowest BCUT2D eigenvalue weighted by Crippen LogP contribution is -2.36. The molecule has 4 nitrogen and oxygen atoms in total. The first-order valence-electron chi connectivity index (χ1n) is 5.85. The average molecular weight is 274 g/mol. The summed E-state index contributed by atoms with van der Waals surface area (Å²) in [4.78, 5) is 3.51. The van der Waals surface area contributed by atoms with Gasteiger partial charge in [-0.05, 0) is 24.4 Å². The Hall–Kier alpha value is -0.430. The van der Waals surface area contributed by atoms with Crippen LogP contribution < -0.4 is 4.72 Å². The molecule has 1 aliphatic heterocycles. The second kappa shape index (κ2) is 5.48. The maximum atomic E-state index is 11.8. The van der Waals surface area contributed by atoms with Crippen LogP contribution in [0.3, 0.4) is 0 Å². The Balaban J connectivity index is 1.91. The fourth-order valence-corrected chi connectivity index (χ4v) is 4.34. The first-order valence-corrected chi connectivity index (χ1v) is 8.27. The first kappa shape index (κ1) is 13.0. The van der Waals surface area contributed by atoms with Crippen molar-refractivity contribution in [3.8, 4) is 0 Å². The molecule has 1 aromatic rings.